The van der Waals surface area contributed by atoms with Crippen LogP contribution >= 0.6 is 11.3 Å². The number of likely N-dealkylation sites (N-methyl/N-ethyl adjacent to an activating group) is 1. The molecule has 178 valence electrons. The van der Waals surface area contributed by atoms with Crippen LogP contribution in [0.2, 0.25) is 0 Å². The number of fused-ring (bicyclic) bond motifs is 1. The molecule has 1 heterocycles. The number of hydrogen-bond acceptors (Lipinski definition) is 8. The first-order valence-electron chi connectivity index (χ1n) is 10.6. The lowest BCUT2D eigenvalue weighted by Crippen LogP contribution is -2.38. The van der Waals surface area contributed by atoms with Gasteiger partial charge in [0.25, 0.3) is 5.91 Å². The number of sulfone groups is 1. The van der Waals surface area contributed by atoms with E-state index >= 15 is 0 Å². The molecule has 0 aliphatic rings. The predicted octanol–water partition coefficient (Wildman–Crippen LogP) is 3.71. The van der Waals surface area contributed by atoms with Gasteiger partial charge in [0, 0.05) is 24.9 Å². The molecule has 0 unspecified atom stereocenters. The Morgan fingerprint density at radius 3 is 2.30 bits per heavy atom. The van der Waals surface area contributed by atoms with E-state index in [1.54, 1.807) is 42.3 Å². The van der Waals surface area contributed by atoms with E-state index in [1.807, 2.05) is 0 Å². The summed E-state index contributed by atoms with van der Waals surface area (Å²) >= 11 is 1.30. The van der Waals surface area contributed by atoms with E-state index in [9.17, 15) is 13.2 Å². The summed E-state index contributed by atoms with van der Waals surface area (Å²) in [6.45, 7) is 7.01. The maximum absolute atomic E-state index is 13.6. The molecule has 1 aromatic heterocycles. The monoisotopic (exact) mass is 491 g/mol. The van der Waals surface area contributed by atoms with Gasteiger partial charge in [0.2, 0.25) is 0 Å². The van der Waals surface area contributed by atoms with Crippen molar-refractivity contribution in [2.45, 2.75) is 18.7 Å². The van der Waals surface area contributed by atoms with Crippen LogP contribution in [0.3, 0.4) is 0 Å². The number of hydrogen-bond donors (Lipinski definition) is 0. The Hall–Kier alpha value is -2.69. The Morgan fingerprint density at radius 2 is 1.70 bits per heavy atom. The highest BCUT2D eigenvalue weighted by Crippen LogP contribution is 2.33. The number of carbonyl (C=O) groups is 1. The highest BCUT2D eigenvalue weighted by atomic mass is 32.2. The molecule has 0 spiro atoms. The van der Waals surface area contributed by atoms with Crippen LogP contribution in [0.4, 0.5) is 5.13 Å². The maximum atomic E-state index is 13.6. The zero-order valence-corrected chi connectivity index (χ0v) is 21.1. The summed E-state index contributed by atoms with van der Waals surface area (Å²) in [6.07, 6.45) is 1.17. The molecule has 3 aromatic rings. The van der Waals surface area contributed by atoms with Gasteiger partial charge in [-0.1, -0.05) is 25.2 Å². The van der Waals surface area contributed by atoms with Crippen molar-refractivity contribution in [2.24, 2.45) is 0 Å². The highest BCUT2D eigenvalue weighted by molar-refractivity contribution is 7.90. The summed E-state index contributed by atoms with van der Waals surface area (Å²) in [7, 11) is -0.273. The van der Waals surface area contributed by atoms with Gasteiger partial charge in [0.05, 0.1) is 29.3 Å². The Balaban J connectivity index is 2.03. The van der Waals surface area contributed by atoms with Crippen LogP contribution < -0.4 is 14.4 Å². The molecule has 0 aliphatic carbocycles. The lowest BCUT2D eigenvalue weighted by molar-refractivity contribution is 0.0983. The SMILES string of the molecule is CCN(CC)CCN(C(=O)c1ccc(OC)c(OC)c1)c1nc2ccc(S(C)(=O)=O)cc2s1. The zero-order valence-electron chi connectivity index (χ0n) is 19.5. The quantitative estimate of drug-likeness (QED) is 0.427. The highest BCUT2D eigenvalue weighted by Gasteiger charge is 2.23. The molecule has 0 saturated carbocycles. The van der Waals surface area contributed by atoms with E-state index in [2.05, 4.69) is 23.7 Å². The molecule has 0 aliphatic heterocycles. The Kier molecular flexibility index (Phi) is 7.93. The molecule has 3 rings (SSSR count). The van der Waals surface area contributed by atoms with Gasteiger partial charge in [-0.05, 0) is 49.5 Å². The van der Waals surface area contributed by atoms with Crippen molar-refractivity contribution in [3.8, 4) is 11.5 Å². The van der Waals surface area contributed by atoms with E-state index in [-0.39, 0.29) is 10.8 Å². The van der Waals surface area contributed by atoms with Crippen molar-refractivity contribution >= 4 is 42.4 Å². The number of anilines is 1. The third kappa shape index (κ3) is 5.63. The predicted molar refractivity (Wildman–Crippen MR) is 132 cm³/mol. The second kappa shape index (κ2) is 10.5. The van der Waals surface area contributed by atoms with Gasteiger partial charge < -0.3 is 14.4 Å². The van der Waals surface area contributed by atoms with E-state index in [0.717, 1.165) is 13.1 Å². The minimum atomic E-state index is -3.34. The van der Waals surface area contributed by atoms with Crippen LogP contribution in [0.1, 0.15) is 24.2 Å². The summed E-state index contributed by atoms with van der Waals surface area (Å²) in [5, 5.41) is 0.516. The van der Waals surface area contributed by atoms with Crippen LogP contribution in [-0.2, 0) is 9.84 Å². The lowest BCUT2D eigenvalue weighted by Gasteiger charge is -2.25. The van der Waals surface area contributed by atoms with Gasteiger partial charge in [-0.25, -0.2) is 13.4 Å². The number of aromatic nitrogens is 1. The van der Waals surface area contributed by atoms with Crippen molar-refractivity contribution < 1.29 is 22.7 Å². The molecule has 1 amide bonds. The number of carbonyl (C=O) groups excluding carboxylic acids is 1. The standard InChI is InChI=1S/C23H29N3O5S2/c1-6-25(7-2)12-13-26(22(27)16-8-11-19(30-3)20(14-16)31-4)23-24-18-10-9-17(33(5,28)29)15-21(18)32-23/h8-11,14-15H,6-7,12-13H2,1-5H3. The van der Waals surface area contributed by atoms with E-state index in [0.29, 0.717) is 45.5 Å². The fraction of sp³-hybridized carbons (Fsp3) is 0.391. The van der Waals surface area contributed by atoms with Gasteiger partial charge in [-0.15, -0.1) is 0 Å². The van der Waals surface area contributed by atoms with Crippen molar-refractivity contribution in [1.82, 2.24) is 9.88 Å². The first-order valence-corrected chi connectivity index (χ1v) is 13.3. The Labute approximate surface area is 198 Å². The molecule has 0 saturated heterocycles. The number of ether oxygens (including phenoxy) is 2. The van der Waals surface area contributed by atoms with Crippen LogP contribution in [0.5, 0.6) is 11.5 Å². The number of methoxy groups -OCH3 is 2. The Morgan fingerprint density at radius 1 is 1.00 bits per heavy atom. The number of thiazole rings is 1. The van der Waals surface area contributed by atoms with Crippen LogP contribution in [0.15, 0.2) is 41.3 Å². The van der Waals surface area contributed by atoms with E-state index in [1.165, 1.54) is 30.8 Å². The molecular weight excluding hydrogens is 462 g/mol. The molecule has 0 radical (unpaired) electrons. The number of nitrogens with zero attached hydrogens (tertiary/aromatic N) is 3. The third-order valence-corrected chi connectivity index (χ3v) is 7.57. The molecular formula is C23H29N3O5S2. The van der Waals surface area contributed by atoms with Crippen LogP contribution in [0.25, 0.3) is 10.2 Å². The van der Waals surface area contributed by atoms with Crippen molar-refractivity contribution in [2.75, 3.05) is 51.6 Å². The smallest absolute Gasteiger partial charge is 0.260 e. The molecule has 10 heteroatoms. The molecule has 33 heavy (non-hydrogen) atoms. The minimum Gasteiger partial charge on any atom is -0.493 e. The Bertz CT molecular complexity index is 1240. The van der Waals surface area contributed by atoms with E-state index in [4.69, 9.17) is 9.47 Å². The number of rotatable bonds is 10. The second-order valence-corrected chi connectivity index (χ2v) is 10.5. The maximum Gasteiger partial charge on any atom is 0.260 e. The van der Waals surface area contributed by atoms with E-state index < -0.39 is 9.84 Å². The average Bonchev–Trinajstić information content (AvgIpc) is 3.23. The largest absolute Gasteiger partial charge is 0.493 e. The molecule has 2 aromatic carbocycles. The van der Waals surface area contributed by atoms with Crippen LogP contribution in [-0.4, -0.2) is 70.9 Å². The van der Waals surface area contributed by atoms with Crippen molar-refractivity contribution in [3.05, 3.63) is 42.0 Å². The topological polar surface area (TPSA) is 89.0 Å². The number of amides is 1. The fourth-order valence-corrected chi connectivity index (χ4v) is 5.18. The van der Waals surface area contributed by atoms with Gasteiger partial charge in [-0.2, -0.15) is 0 Å². The van der Waals surface area contributed by atoms with Crippen molar-refractivity contribution in [1.29, 1.82) is 0 Å². The third-order valence-electron chi connectivity index (χ3n) is 5.42. The first-order chi connectivity index (χ1) is 15.7. The molecule has 0 bridgehead atoms. The normalized spacial score (nSPS) is 11.7. The first kappa shape index (κ1) is 24.9. The summed E-state index contributed by atoms with van der Waals surface area (Å²) in [6, 6.07) is 9.87. The molecule has 0 fully saturated rings. The number of benzene rings is 2. The van der Waals surface area contributed by atoms with Gasteiger partial charge in [0.1, 0.15) is 0 Å². The summed E-state index contributed by atoms with van der Waals surface area (Å²) in [5.74, 6) is 0.789. The minimum absolute atomic E-state index is 0.217. The zero-order chi connectivity index (χ0) is 24.2. The fourth-order valence-electron chi connectivity index (χ4n) is 3.43. The van der Waals surface area contributed by atoms with Gasteiger partial charge in [0.15, 0.2) is 26.5 Å². The molecule has 0 N–H and O–H groups in total. The van der Waals surface area contributed by atoms with Gasteiger partial charge in [-0.3, -0.25) is 9.69 Å². The molecule has 8 nitrogen and oxygen atoms in total. The summed E-state index contributed by atoms with van der Waals surface area (Å²) < 4.78 is 35.3. The lowest BCUT2D eigenvalue weighted by atomic mass is 10.1. The van der Waals surface area contributed by atoms with Crippen molar-refractivity contribution in [3.63, 3.8) is 0 Å². The van der Waals surface area contributed by atoms with Crippen LogP contribution in [0, 0.1) is 0 Å². The second-order valence-electron chi connectivity index (χ2n) is 7.45. The summed E-state index contributed by atoms with van der Waals surface area (Å²) in [5.41, 5.74) is 1.10. The molecule has 0 atom stereocenters. The summed E-state index contributed by atoms with van der Waals surface area (Å²) in [4.78, 5) is 22.3. The average molecular weight is 492 g/mol. The van der Waals surface area contributed by atoms with Gasteiger partial charge >= 0.3 is 0 Å².